The molecule has 0 aliphatic rings. The molecule has 0 radical (unpaired) electrons. The third-order valence-corrected chi connectivity index (χ3v) is 7.84. The fourth-order valence-electron chi connectivity index (χ4n) is 5.73. The number of aromatic nitrogens is 4. The van der Waals surface area contributed by atoms with E-state index < -0.39 is 0 Å². The molecule has 40 heavy (non-hydrogen) atoms. The first-order valence-electron chi connectivity index (χ1n) is 13.4. The van der Waals surface area contributed by atoms with Crippen LogP contribution in [0, 0.1) is 13.8 Å². The average molecular weight is 517 g/mol. The molecule has 3 heterocycles. The molecule has 0 amide bonds. The van der Waals surface area contributed by atoms with Gasteiger partial charge in [0.15, 0.2) is 11.6 Å². The van der Waals surface area contributed by atoms with Crippen LogP contribution in [0.25, 0.3) is 72.3 Å². The highest BCUT2D eigenvalue weighted by atomic mass is 16.3. The number of rotatable bonds is 3. The third-order valence-electron chi connectivity index (χ3n) is 7.84. The van der Waals surface area contributed by atoms with Crippen molar-refractivity contribution < 1.29 is 4.42 Å². The van der Waals surface area contributed by atoms with Crippen molar-refractivity contribution in [1.82, 2.24) is 19.5 Å². The Bertz CT molecular complexity index is 2170. The van der Waals surface area contributed by atoms with E-state index >= 15 is 0 Å². The summed E-state index contributed by atoms with van der Waals surface area (Å²) in [5.41, 5.74) is 5.99. The molecule has 3 aromatic heterocycles. The predicted octanol–water partition coefficient (Wildman–Crippen LogP) is 8.82. The topological polar surface area (TPSA) is 56.7 Å². The first-order valence-corrected chi connectivity index (χ1v) is 13.4. The second kappa shape index (κ2) is 8.61. The minimum absolute atomic E-state index is 0.584. The lowest BCUT2D eigenvalue weighted by atomic mass is 10.0. The van der Waals surface area contributed by atoms with Gasteiger partial charge in [0.1, 0.15) is 11.3 Å². The van der Waals surface area contributed by atoms with E-state index in [-0.39, 0.29) is 0 Å². The van der Waals surface area contributed by atoms with E-state index in [0.717, 1.165) is 55.2 Å². The van der Waals surface area contributed by atoms with Crippen LogP contribution >= 0.6 is 0 Å². The number of hydrogen-bond donors (Lipinski definition) is 0. The molecule has 0 spiro atoms. The summed E-state index contributed by atoms with van der Waals surface area (Å²) in [7, 11) is 0. The maximum absolute atomic E-state index is 6.19. The van der Waals surface area contributed by atoms with Gasteiger partial charge in [0.05, 0.1) is 11.0 Å². The van der Waals surface area contributed by atoms with Gasteiger partial charge in [-0.1, -0.05) is 91.0 Å². The maximum atomic E-state index is 6.19. The highest BCUT2D eigenvalue weighted by molar-refractivity contribution is 6.23. The van der Waals surface area contributed by atoms with Crippen molar-refractivity contribution >= 4 is 43.5 Å². The van der Waals surface area contributed by atoms with Crippen LogP contribution in [0.2, 0.25) is 0 Å². The normalized spacial score (nSPS) is 11.8. The van der Waals surface area contributed by atoms with Crippen molar-refractivity contribution in [3.8, 4) is 28.7 Å². The summed E-state index contributed by atoms with van der Waals surface area (Å²) in [6.45, 7) is 4.13. The molecule has 190 valence electrons. The van der Waals surface area contributed by atoms with Gasteiger partial charge in [0.25, 0.3) is 0 Å². The summed E-state index contributed by atoms with van der Waals surface area (Å²) in [5, 5.41) is 5.73. The molecule has 0 unspecified atom stereocenters. The Balaban J connectivity index is 1.53. The number of fused-ring (bicyclic) bond motifs is 6. The van der Waals surface area contributed by atoms with Gasteiger partial charge in [0.2, 0.25) is 5.95 Å². The highest BCUT2D eigenvalue weighted by Gasteiger charge is 2.21. The maximum Gasteiger partial charge on any atom is 0.238 e. The summed E-state index contributed by atoms with van der Waals surface area (Å²) >= 11 is 0. The van der Waals surface area contributed by atoms with Crippen LogP contribution in [-0.4, -0.2) is 19.5 Å². The Hall–Kier alpha value is -5.29. The molecule has 8 rings (SSSR count). The molecule has 0 bridgehead atoms. The molecule has 0 saturated carbocycles. The van der Waals surface area contributed by atoms with Crippen LogP contribution in [0.3, 0.4) is 0 Å². The number of hydrogen-bond acceptors (Lipinski definition) is 4. The van der Waals surface area contributed by atoms with Crippen molar-refractivity contribution in [2.24, 2.45) is 0 Å². The van der Waals surface area contributed by atoms with E-state index in [9.17, 15) is 0 Å². The predicted molar refractivity (Wildman–Crippen MR) is 162 cm³/mol. The number of furan rings is 1. The quantitative estimate of drug-likeness (QED) is 0.235. The summed E-state index contributed by atoms with van der Waals surface area (Å²) in [4.78, 5) is 15.1. The number of aryl methyl sites for hydroxylation is 2. The van der Waals surface area contributed by atoms with Crippen molar-refractivity contribution in [2.45, 2.75) is 13.8 Å². The van der Waals surface area contributed by atoms with Crippen molar-refractivity contribution in [3.05, 3.63) is 121 Å². The standard InChI is InChI=1S/C35H24N4O/c1-21-22(2)40-31-20-28-30(19-27(21)31)39(29-18-17-23-11-9-10-16-26(23)32(28)29)35-37-33(24-12-5-3-6-13-24)36-34(38-35)25-14-7-4-8-15-25/h3-20H,1-2H3. The molecule has 0 fully saturated rings. The molecule has 5 aromatic carbocycles. The molecule has 8 aromatic rings. The van der Waals surface area contributed by atoms with E-state index in [4.69, 9.17) is 19.4 Å². The SMILES string of the molecule is Cc1oc2cc3c4c5ccccc5ccc4n(-c4nc(-c5ccccc5)nc(-c5ccccc5)n4)c3cc2c1C. The lowest BCUT2D eigenvalue weighted by molar-refractivity contribution is 0.575. The Labute approximate surface area is 230 Å². The van der Waals surface area contributed by atoms with Gasteiger partial charge in [-0.3, -0.25) is 4.57 Å². The monoisotopic (exact) mass is 516 g/mol. The third kappa shape index (κ3) is 3.38. The van der Waals surface area contributed by atoms with Gasteiger partial charge >= 0.3 is 0 Å². The van der Waals surface area contributed by atoms with Gasteiger partial charge in [-0.15, -0.1) is 0 Å². The molecule has 0 atom stereocenters. The van der Waals surface area contributed by atoms with Crippen molar-refractivity contribution in [1.29, 1.82) is 0 Å². The lowest BCUT2D eigenvalue weighted by Gasteiger charge is -2.11. The van der Waals surface area contributed by atoms with Gasteiger partial charge in [0, 0.05) is 27.3 Å². The summed E-state index contributed by atoms with van der Waals surface area (Å²) in [5.74, 6) is 2.79. The van der Waals surface area contributed by atoms with Gasteiger partial charge in [-0.05, 0) is 48.4 Å². The first-order chi connectivity index (χ1) is 19.7. The van der Waals surface area contributed by atoms with E-state index in [1.54, 1.807) is 0 Å². The van der Waals surface area contributed by atoms with Gasteiger partial charge in [-0.2, -0.15) is 9.97 Å². The number of benzene rings is 5. The minimum atomic E-state index is 0.584. The smallest absolute Gasteiger partial charge is 0.238 e. The zero-order valence-corrected chi connectivity index (χ0v) is 22.1. The molecule has 0 aliphatic carbocycles. The minimum Gasteiger partial charge on any atom is -0.461 e. The molecular formula is C35H24N4O. The largest absolute Gasteiger partial charge is 0.461 e. The average Bonchev–Trinajstić information content (AvgIpc) is 3.49. The van der Waals surface area contributed by atoms with Crippen LogP contribution in [0.1, 0.15) is 11.3 Å². The molecule has 0 aliphatic heterocycles. The van der Waals surface area contributed by atoms with Gasteiger partial charge < -0.3 is 4.42 Å². The summed E-state index contributed by atoms with van der Waals surface area (Å²) < 4.78 is 8.37. The Morgan fingerprint density at radius 2 is 1.23 bits per heavy atom. The molecule has 0 N–H and O–H groups in total. The summed E-state index contributed by atoms with van der Waals surface area (Å²) in [6.07, 6.45) is 0. The molecule has 0 saturated heterocycles. The van der Waals surface area contributed by atoms with Gasteiger partial charge in [-0.25, -0.2) is 4.98 Å². The molecular weight excluding hydrogens is 492 g/mol. The van der Waals surface area contributed by atoms with Crippen LogP contribution in [0.5, 0.6) is 0 Å². The van der Waals surface area contributed by atoms with Crippen LogP contribution in [0.4, 0.5) is 0 Å². The van der Waals surface area contributed by atoms with Crippen LogP contribution < -0.4 is 0 Å². The first kappa shape index (κ1) is 22.7. The van der Waals surface area contributed by atoms with Crippen LogP contribution in [-0.2, 0) is 0 Å². The number of nitrogens with zero attached hydrogens (tertiary/aromatic N) is 4. The zero-order chi connectivity index (χ0) is 26.8. The van der Waals surface area contributed by atoms with E-state index in [1.807, 2.05) is 67.6 Å². The summed E-state index contributed by atoms with van der Waals surface area (Å²) in [6, 6.07) is 37.4. The molecule has 5 nitrogen and oxygen atoms in total. The van der Waals surface area contributed by atoms with E-state index in [2.05, 4.69) is 60.0 Å². The van der Waals surface area contributed by atoms with Crippen LogP contribution in [0.15, 0.2) is 114 Å². The fourth-order valence-corrected chi connectivity index (χ4v) is 5.73. The van der Waals surface area contributed by atoms with E-state index in [1.165, 1.54) is 10.8 Å². The fraction of sp³-hybridized carbons (Fsp3) is 0.0571. The lowest BCUT2D eigenvalue weighted by Crippen LogP contribution is -2.06. The Morgan fingerprint density at radius 1 is 0.575 bits per heavy atom. The second-order valence-electron chi connectivity index (χ2n) is 10.2. The van der Waals surface area contributed by atoms with E-state index in [0.29, 0.717) is 17.6 Å². The molecule has 5 heteroatoms. The zero-order valence-electron chi connectivity index (χ0n) is 22.1. The Morgan fingerprint density at radius 3 is 1.93 bits per heavy atom. The van der Waals surface area contributed by atoms with Crippen molar-refractivity contribution in [2.75, 3.05) is 0 Å². The second-order valence-corrected chi connectivity index (χ2v) is 10.2. The Kier molecular flexibility index (Phi) is 4.88. The highest BCUT2D eigenvalue weighted by Crippen LogP contribution is 2.40. The van der Waals surface area contributed by atoms with Crippen molar-refractivity contribution in [3.63, 3.8) is 0 Å².